The Morgan fingerprint density at radius 2 is 1.39 bits per heavy atom. The van der Waals surface area contributed by atoms with Gasteiger partial charge in [-0.05, 0) is 48.0 Å². The molecule has 1 fully saturated rings. The molecule has 0 aromatic carbocycles. The lowest BCUT2D eigenvalue weighted by atomic mass is 9.84. The van der Waals surface area contributed by atoms with Gasteiger partial charge in [0.05, 0.1) is 12.1 Å². The molecule has 0 saturated carbocycles. The van der Waals surface area contributed by atoms with Gasteiger partial charge >= 0.3 is 0 Å². The minimum atomic E-state index is -0.549. The van der Waals surface area contributed by atoms with Crippen LogP contribution >= 0.6 is 0 Å². The summed E-state index contributed by atoms with van der Waals surface area (Å²) in [6, 6.07) is -0.875. The lowest BCUT2D eigenvalue weighted by molar-refractivity contribution is -0.132. The summed E-state index contributed by atoms with van der Waals surface area (Å²) in [6.07, 6.45) is 0.695. The average Bonchev–Trinajstić information content (AvgIpc) is 2.93. The number of likely N-dealkylation sites (tertiary alicyclic amines) is 1. The summed E-state index contributed by atoms with van der Waals surface area (Å²) in [5.74, 6) is 0.0810. The van der Waals surface area contributed by atoms with Crippen molar-refractivity contribution in [3.63, 3.8) is 0 Å². The number of nitrogens with zero attached hydrogens (tertiary/aromatic N) is 1. The van der Waals surface area contributed by atoms with Gasteiger partial charge in [0.1, 0.15) is 0 Å². The highest BCUT2D eigenvalue weighted by molar-refractivity contribution is 5.93. The molecule has 3 unspecified atom stereocenters. The molecular formula is C25H47N3O3. The minimum Gasteiger partial charge on any atom is -0.352 e. The number of amides is 1. The molecule has 6 nitrogen and oxygen atoms in total. The summed E-state index contributed by atoms with van der Waals surface area (Å²) in [7, 11) is 0. The van der Waals surface area contributed by atoms with Gasteiger partial charge in [-0.25, -0.2) is 0 Å². The van der Waals surface area contributed by atoms with Crippen molar-refractivity contribution in [2.45, 2.75) is 125 Å². The van der Waals surface area contributed by atoms with E-state index in [4.69, 9.17) is 0 Å². The van der Waals surface area contributed by atoms with E-state index in [2.05, 4.69) is 36.3 Å². The zero-order chi connectivity index (χ0) is 24.6. The maximum atomic E-state index is 13.1. The van der Waals surface area contributed by atoms with Crippen molar-refractivity contribution in [3.05, 3.63) is 0 Å². The fourth-order valence-corrected chi connectivity index (χ4v) is 4.16. The Morgan fingerprint density at radius 1 is 0.871 bits per heavy atom. The second-order valence-electron chi connectivity index (χ2n) is 13.2. The molecule has 1 aliphatic heterocycles. The fraction of sp³-hybridized carbons (Fsp3) is 0.880. The molecule has 0 bridgehead atoms. The van der Waals surface area contributed by atoms with Gasteiger partial charge in [-0.1, -0.05) is 41.5 Å². The van der Waals surface area contributed by atoms with Crippen molar-refractivity contribution >= 4 is 17.5 Å². The molecule has 31 heavy (non-hydrogen) atoms. The second kappa shape index (κ2) is 9.30. The van der Waals surface area contributed by atoms with Crippen molar-refractivity contribution in [3.8, 4) is 0 Å². The first-order valence-corrected chi connectivity index (χ1v) is 11.6. The van der Waals surface area contributed by atoms with Crippen LogP contribution in [0.25, 0.3) is 0 Å². The van der Waals surface area contributed by atoms with Crippen LogP contribution in [-0.2, 0) is 14.4 Å². The molecule has 0 aliphatic carbocycles. The molecule has 3 atom stereocenters. The standard InChI is InChI=1S/C25H47N3O3/c1-22(2,3)20(30)17(27-24(7,8)9)14-19(29)26-16-13-18(21(31)23(4,5)6)28(15-16)25(10,11)12/h16-18,27H,13-15H2,1-12H3,(H,26,29). The SMILES string of the molecule is CC(C)(C)NC(CC(=O)NC1CC(C(=O)C(C)(C)C)N(C(C)(C)C)C1)C(=O)C(C)(C)C. The van der Waals surface area contributed by atoms with Crippen LogP contribution in [0, 0.1) is 10.8 Å². The maximum Gasteiger partial charge on any atom is 0.222 e. The predicted octanol–water partition coefficient (Wildman–Crippen LogP) is 3.72. The molecule has 0 aromatic rings. The fourth-order valence-electron chi connectivity index (χ4n) is 4.16. The molecule has 0 aromatic heterocycles. The second-order valence-corrected chi connectivity index (χ2v) is 13.2. The number of carbonyl (C=O) groups is 3. The van der Waals surface area contributed by atoms with Gasteiger partial charge in [0.2, 0.25) is 5.91 Å². The molecule has 180 valence electrons. The molecule has 1 saturated heterocycles. The van der Waals surface area contributed by atoms with Crippen LogP contribution in [-0.4, -0.2) is 58.1 Å². The lowest BCUT2D eigenvalue weighted by Gasteiger charge is -2.38. The zero-order valence-electron chi connectivity index (χ0n) is 22.0. The molecule has 2 N–H and O–H groups in total. The average molecular weight is 438 g/mol. The van der Waals surface area contributed by atoms with Crippen LogP contribution in [0.4, 0.5) is 0 Å². The number of Topliss-reactive ketones (excluding diaryl/α,β-unsaturated/α-hetero) is 2. The van der Waals surface area contributed by atoms with Crippen LogP contribution in [0.2, 0.25) is 0 Å². The van der Waals surface area contributed by atoms with E-state index >= 15 is 0 Å². The third kappa shape index (κ3) is 8.30. The lowest BCUT2D eigenvalue weighted by Crippen LogP contribution is -2.53. The molecule has 0 spiro atoms. The van der Waals surface area contributed by atoms with E-state index < -0.39 is 16.9 Å². The third-order valence-corrected chi connectivity index (χ3v) is 5.62. The largest absolute Gasteiger partial charge is 0.352 e. The van der Waals surface area contributed by atoms with Gasteiger partial charge in [-0.3, -0.25) is 19.3 Å². The molecule has 1 rings (SSSR count). The van der Waals surface area contributed by atoms with Crippen molar-refractivity contribution < 1.29 is 14.4 Å². The Balaban J connectivity index is 2.96. The summed E-state index contributed by atoms with van der Waals surface area (Å²) in [4.78, 5) is 41.2. The number of ketones is 2. The Labute approximate surface area is 190 Å². The van der Waals surface area contributed by atoms with Gasteiger partial charge < -0.3 is 10.6 Å². The van der Waals surface area contributed by atoms with E-state index in [-0.39, 0.29) is 47.1 Å². The number of hydrogen-bond donors (Lipinski definition) is 2. The summed E-state index contributed by atoms with van der Waals surface area (Å²) in [6.45, 7) is 24.4. The smallest absolute Gasteiger partial charge is 0.222 e. The van der Waals surface area contributed by atoms with E-state index in [1.165, 1.54) is 0 Å². The zero-order valence-corrected chi connectivity index (χ0v) is 22.0. The molecular weight excluding hydrogens is 390 g/mol. The normalized spacial score (nSPS) is 22.3. The van der Waals surface area contributed by atoms with Crippen LogP contribution in [0.15, 0.2) is 0 Å². The van der Waals surface area contributed by atoms with E-state index in [9.17, 15) is 14.4 Å². The first-order valence-electron chi connectivity index (χ1n) is 11.6. The molecule has 0 radical (unpaired) electrons. The number of rotatable bonds is 6. The monoisotopic (exact) mass is 437 g/mol. The van der Waals surface area contributed by atoms with Gasteiger partial charge in [0.15, 0.2) is 11.6 Å². The molecule has 1 amide bonds. The quantitative estimate of drug-likeness (QED) is 0.662. The van der Waals surface area contributed by atoms with E-state index in [0.29, 0.717) is 13.0 Å². The Morgan fingerprint density at radius 3 is 1.77 bits per heavy atom. The van der Waals surface area contributed by atoms with Gasteiger partial charge in [0.25, 0.3) is 0 Å². The number of hydrogen-bond acceptors (Lipinski definition) is 5. The maximum absolute atomic E-state index is 13.1. The number of carbonyl (C=O) groups excluding carboxylic acids is 3. The Hall–Kier alpha value is -1.27. The highest BCUT2D eigenvalue weighted by Crippen LogP contribution is 2.32. The van der Waals surface area contributed by atoms with Crippen LogP contribution in [0.1, 0.15) is 95.9 Å². The van der Waals surface area contributed by atoms with Crippen molar-refractivity contribution in [2.24, 2.45) is 10.8 Å². The van der Waals surface area contributed by atoms with Crippen LogP contribution in [0.5, 0.6) is 0 Å². The third-order valence-electron chi connectivity index (χ3n) is 5.62. The van der Waals surface area contributed by atoms with Crippen LogP contribution < -0.4 is 10.6 Å². The minimum absolute atomic E-state index is 0.0288. The highest BCUT2D eigenvalue weighted by atomic mass is 16.2. The Kier molecular flexibility index (Phi) is 8.33. The molecule has 6 heteroatoms. The first kappa shape index (κ1) is 27.8. The van der Waals surface area contributed by atoms with E-state index in [1.54, 1.807) is 0 Å². The first-order chi connectivity index (χ1) is 13.6. The summed E-state index contributed by atoms with van der Waals surface area (Å²) in [5, 5.41) is 6.44. The molecule has 1 heterocycles. The number of nitrogens with one attached hydrogen (secondary N) is 2. The van der Waals surface area contributed by atoms with E-state index in [0.717, 1.165) is 0 Å². The summed E-state index contributed by atoms with van der Waals surface area (Å²) in [5.41, 5.74) is -1.44. The van der Waals surface area contributed by atoms with Crippen molar-refractivity contribution in [1.82, 2.24) is 15.5 Å². The molecule has 1 aliphatic rings. The predicted molar refractivity (Wildman–Crippen MR) is 127 cm³/mol. The highest BCUT2D eigenvalue weighted by Gasteiger charge is 2.45. The Bertz CT molecular complexity index is 672. The summed E-state index contributed by atoms with van der Waals surface area (Å²) < 4.78 is 0. The van der Waals surface area contributed by atoms with Gasteiger partial charge in [-0.15, -0.1) is 0 Å². The van der Waals surface area contributed by atoms with Crippen molar-refractivity contribution in [2.75, 3.05) is 6.54 Å². The summed E-state index contributed by atoms with van der Waals surface area (Å²) >= 11 is 0. The van der Waals surface area contributed by atoms with Gasteiger partial charge in [-0.2, -0.15) is 0 Å². The van der Waals surface area contributed by atoms with Gasteiger partial charge in [0, 0.05) is 40.9 Å². The topological polar surface area (TPSA) is 78.5 Å². The van der Waals surface area contributed by atoms with Crippen LogP contribution in [0.3, 0.4) is 0 Å². The van der Waals surface area contributed by atoms with E-state index in [1.807, 2.05) is 62.3 Å². The van der Waals surface area contributed by atoms with Crippen molar-refractivity contribution in [1.29, 1.82) is 0 Å².